The molecule has 3 aromatic rings. The molecule has 1 amide bonds. The van der Waals surface area contributed by atoms with E-state index in [4.69, 9.17) is 9.92 Å². The summed E-state index contributed by atoms with van der Waals surface area (Å²) in [5.41, 5.74) is 4.39. The van der Waals surface area contributed by atoms with Gasteiger partial charge in [0.1, 0.15) is 23.1 Å². The molecule has 1 aliphatic rings. The Balaban J connectivity index is 1.74. The summed E-state index contributed by atoms with van der Waals surface area (Å²) in [5.74, 6) is -7.08. The molecule has 4 rings (SSSR count). The van der Waals surface area contributed by atoms with E-state index in [1.54, 1.807) is 0 Å². The summed E-state index contributed by atoms with van der Waals surface area (Å²) in [6.45, 7) is 0.173. The topological polar surface area (TPSA) is 155 Å². The van der Waals surface area contributed by atoms with E-state index in [0.29, 0.717) is 0 Å². The van der Waals surface area contributed by atoms with Crippen LogP contribution in [-0.2, 0) is 31.1 Å². The number of amides is 1. The van der Waals surface area contributed by atoms with Gasteiger partial charge in [0.05, 0.1) is 35.4 Å². The molecule has 0 aliphatic carbocycles. The molecule has 11 nitrogen and oxygen atoms in total. The number of pyridine rings is 1. The third-order valence-electron chi connectivity index (χ3n) is 5.94. The number of hydrogen-bond acceptors (Lipinski definition) is 9. The summed E-state index contributed by atoms with van der Waals surface area (Å²) in [4.78, 5) is 24.8. The third-order valence-corrected chi connectivity index (χ3v) is 6.53. The smallest absolute Gasteiger partial charge is 0.383 e. The zero-order chi connectivity index (χ0) is 28.3. The molecule has 1 unspecified atom stereocenters. The summed E-state index contributed by atoms with van der Waals surface area (Å²) in [6.07, 6.45) is -6.00. The molecule has 0 spiro atoms. The molecular formula is C20H19F6N7O4S. The highest BCUT2D eigenvalue weighted by atomic mass is 32.2. The first-order valence-corrected chi connectivity index (χ1v) is 12.6. The zero-order valence-electron chi connectivity index (χ0n) is 19.6. The number of fused-ring (bicyclic) bond motifs is 2. The second-order valence-corrected chi connectivity index (χ2v) is 10.4. The number of nitrogens with one attached hydrogen (secondary N) is 1. The summed E-state index contributed by atoms with van der Waals surface area (Å²) in [6, 6.07) is 0.918. The quantitative estimate of drug-likeness (QED) is 0.309. The van der Waals surface area contributed by atoms with Crippen molar-refractivity contribution >= 4 is 38.7 Å². The Morgan fingerprint density at radius 2 is 1.89 bits per heavy atom. The van der Waals surface area contributed by atoms with Gasteiger partial charge in [0.2, 0.25) is 5.91 Å². The van der Waals surface area contributed by atoms with Crippen LogP contribution < -0.4 is 11.1 Å². The molecule has 3 aromatic heterocycles. The van der Waals surface area contributed by atoms with Crippen molar-refractivity contribution in [2.75, 3.05) is 23.9 Å². The third kappa shape index (κ3) is 4.96. The van der Waals surface area contributed by atoms with Crippen molar-refractivity contribution in [1.29, 1.82) is 0 Å². The maximum absolute atomic E-state index is 14.0. The lowest BCUT2D eigenvalue weighted by molar-refractivity contribution is -0.285. The van der Waals surface area contributed by atoms with Crippen LogP contribution in [0.2, 0.25) is 0 Å². The van der Waals surface area contributed by atoms with Crippen LogP contribution in [0.1, 0.15) is 25.3 Å². The number of nitrogen functional groups attached to an aromatic ring is 1. The number of nitrogens with two attached hydrogens (primary N) is 1. The predicted octanol–water partition coefficient (Wildman–Crippen LogP) is 2.77. The fourth-order valence-corrected chi connectivity index (χ4v) is 4.34. The fraction of sp³-hybridized carbons (Fsp3) is 0.450. The van der Waals surface area contributed by atoms with Crippen LogP contribution >= 0.6 is 0 Å². The van der Waals surface area contributed by atoms with Crippen molar-refractivity contribution in [3.63, 3.8) is 0 Å². The van der Waals surface area contributed by atoms with Gasteiger partial charge in [-0.15, -0.1) is 0 Å². The number of hydrogen-bond donors (Lipinski definition) is 2. The molecule has 1 aliphatic heterocycles. The van der Waals surface area contributed by atoms with Gasteiger partial charge in [0, 0.05) is 13.0 Å². The Morgan fingerprint density at radius 1 is 1.21 bits per heavy atom. The number of halogens is 6. The molecule has 0 saturated carbocycles. The van der Waals surface area contributed by atoms with Crippen LogP contribution in [-0.4, -0.2) is 64.0 Å². The molecule has 4 heterocycles. The van der Waals surface area contributed by atoms with Crippen molar-refractivity contribution in [3.05, 3.63) is 23.6 Å². The second-order valence-electron chi connectivity index (χ2n) is 8.77. The molecular weight excluding hydrogens is 548 g/mol. The second kappa shape index (κ2) is 9.04. The molecule has 0 aromatic carbocycles. The molecule has 0 bridgehead atoms. The molecule has 3 N–H and O–H groups in total. The predicted molar refractivity (Wildman–Crippen MR) is 120 cm³/mol. The van der Waals surface area contributed by atoms with E-state index in [1.165, 1.54) is 6.92 Å². The Hall–Kier alpha value is -3.54. The average molecular weight is 567 g/mol. The van der Waals surface area contributed by atoms with Gasteiger partial charge in [-0.1, -0.05) is 0 Å². The van der Waals surface area contributed by atoms with E-state index in [1.807, 2.05) is 0 Å². The van der Waals surface area contributed by atoms with Gasteiger partial charge in [-0.05, 0) is 19.4 Å². The number of nitrogens with zero attached hydrogens (tertiary/aromatic N) is 5. The molecule has 1 atom stereocenters. The molecule has 18 heteroatoms. The molecule has 0 fully saturated rings. The molecule has 38 heavy (non-hydrogen) atoms. The Morgan fingerprint density at radius 3 is 2.53 bits per heavy atom. The highest BCUT2D eigenvalue weighted by Crippen LogP contribution is 2.43. The van der Waals surface area contributed by atoms with E-state index >= 15 is 0 Å². The monoisotopic (exact) mass is 567 g/mol. The van der Waals surface area contributed by atoms with E-state index in [9.17, 15) is 39.6 Å². The Bertz CT molecular complexity index is 1540. The van der Waals surface area contributed by atoms with Gasteiger partial charge < -0.3 is 11.1 Å². The van der Waals surface area contributed by atoms with Gasteiger partial charge in [-0.3, -0.25) is 8.98 Å². The average Bonchev–Trinajstić information content (AvgIpc) is 3.25. The van der Waals surface area contributed by atoms with Gasteiger partial charge in [0.15, 0.2) is 11.5 Å². The Kier molecular flexibility index (Phi) is 6.54. The number of anilines is 2. The van der Waals surface area contributed by atoms with Crippen LogP contribution in [0.5, 0.6) is 0 Å². The van der Waals surface area contributed by atoms with Crippen LogP contribution in [0.4, 0.5) is 38.0 Å². The summed E-state index contributed by atoms with van der Waals surface area (Å²) >= 11 is 0. The summed E-state index contributed by atoms with van der Waals surface area (Å²) < 4.78 is 107. The molecule has 0 radical (unpaired) electrons. The van der Waals surface area contributed by atoms with E-state index < -0.39 is 52.3 Å². The number of aromatic nitrogens is 5. The SMILES string of the molecule is CC1(CCOS(C)(=O)=O)C(=O)Nc2nc(-c3nn(CCC(F)(F)C(F)(F)F)c4ncc(F)cc34)nc(N)c21. The van der Waals surface area contributed by atoms with E-state index in [2.05, 4.69) is 25.4 Å². The highest BCUT2D eigenvalue weighted by Gasteiger charge is 2.56. The largest absolute Gasteiger partial charge is 0.453 e. The lowest BCUT2D eigenvalue weighted by Gasteiger charge is -2.22. The van der Waals surface area contributed by atoms with Gasteiger partial charge in [-0.25, -0.2) is 24.0 Å². The van der Waals surface area contributed by atoms with Gasteiger partial charge in [0.25, 0.3) is 10.1 Å². The maximum Gasteiger partial charge on any atom is 0.453 e. The molecule has 0 saturated heterocycles. The first-order valence-electron chi connectivity index (χ1n) is 10.7. The first-order chi connectivity index (χ1) is 17.4. The number of alkyl halides is 5. The van der Waals surface area contributed by atoms with Crippen molar-refractivity contribution in [1.82, 2.24) is 24.7 Å². The van der Waals surface area contributed by atoms with E-state index in [-0.39, 0.29) is 52.8 Å². The van der Waals surface area contributed by atoms with Crippen LogP contribution in [0.25, 0.3) is 22.6 Å². The highest BCUT2D eigenvalue weighted by molar-refractivity contribution is 7.85. The van der Waals surface area contributed by atoms with Gasteiger partial charge in [-0.2, -0.15) is 35.5 Å². The normalized spacial score (nSPS) is 18.2. The van der Waals surface area contributed by atoms with Crippen molar-refractivity contribution in [3.8, 4) is 11.5 Å². The van der Waals surface area contributed by atoms with Crippen molar-refractivity contribution in [2.24, 2.45) is 0 Å². The minimum atomic E-state index is -5.78. The minimum Gasteiger partial charge on any atom is -0.383 e. The first kappa shape index (κ1) is 27.5. The molecule has 206 valence electrons. The van der Waals surface area contributed by atoms with Crippen LogP contribution in [0.3, 0.4) is 0 Å². The van der Waals surface area contributed by atoms with Crippen LogP contribution in [0, 0.1) is 5.82 Å². The lowest BCUT2D eigenvalue weighted by Crippen LogP contribution is -2.37. The number of carbonyl (C=O) groups is 1. The van der Waals surface area contributed by atoms with Crippen LogP contribution in [0.15, 0.2) is 12.3 Å². The summed E-state index contributed by atoms with van der Waals surface area (Å²) in [7, 11) is -3.79. The minimum absolute atomic E-state index is 0.0741. The van der Waals surface area contributed by atoms with Crippen molar-refractivity contribution < 1.29 is 43.7 Å². The number of rotatable bonds is 8. The maximum atomic E-state index is 14.0. The number of aryl methyl sites for hydroxylation is 1. The van der Waals surface area contributed by atoms with Gasteiger partial charge >= 0.3 is 12.1 Å². The fourth-order valence-electron chi connectivity index (χ4n) is 3.96. The number of carbonyl (C=O) groups excluding carboxylic acids is 1. The Labute approximate surface area is 210 Å². The van der Waals surface area contributed by atoms with Crippen molar-refractivity contribution in [2.45, 2.75) is 43.8 Å². The summed E-state index contributed by atoms with van der Waals surface area (Å²) in [5, 5.41) is 6.38. The van der Waals surface area contributed by atoms with E-state index in [0.717, 1.165) is 23.2 Å². The standard InChI is InChI=1S/C20H19F6N7O4S/c1-18(4-6-37-38(2,35)36)11-13(27)29-15(30-14(11)31-17(18)34)12-10-7-9(21)8-28-16(10)33(32-12)5-3-19(22,23)20(24,25)26/h7-8H,3-6H2,1-2H3,(H3,27,29,30,31,34). The zero-order valence-corrected chi connectivity index (χ0v) is 20.4. The lowest BCUT2D eigenvalue weighted by atomic mass is 9.81.